The third kappa shape index (κ3) is 3.98. The van der Waals surface area contributed by atoms with Crippen LogP contribution in [-0.4, -0.2) is 63.0 Å². The van der Waals surface area contributed by atoms with Crippen molar-refractivity contribution in [1.82, 2.24) is 14.9 Å². The summed E-state index contributed by atoms with van der Waals surface area (Å²) in [5, 5.41) is 11.7. The number of ether oxygens (including phenoxy) is 1. The molecule has 8 nitrogen and oxygen atoms in total. The third-order valence-corrected chi connectivity index (χ3v) is 6.53. The number of alkyl halides is 3. The van der Waals surface area contributed by atoms with Gasteiger partial charge in [0.25, 0.3) is 6.01 Å². The highest BCUT2D eigenvalue weighted by molar-refractivity contribution is 7.07. The summed E-state index contributed by atoms with van der Waals surface area (Å²) in [7, 11) is 0. The van der Waals surface area contributed by atoms with Crippen molar-refractivity contribution >= 4 is 34.5 Å². The number of benzene rings is 1. The van der Waals surface area contributed by atoms with E-state index in [2.05, 4.69) is 9.97 Å². The van der Waals surface area contributed by atoms with Crippen LogP contribution in [0.3, 0.4) is 0 Å². The van der Waals surface area contributed by atoms with Gasteiger partial charge in [-0.15, -0.1) is 11.3 Å². The molecule has 3 fully saturated rings. The van der Waals surface area contributed by atoms with E-state index in [1.807, 2.05) is 4.90 Å². The number of piperazine rings is 1. The third-order valence-electron chi connectivity index (χ3n) is 5.94. The molecule has 3 aliphatic rings. The predicted octanol–water partition coefficient (Wildman–Crippen LogP) is 4.75. The van der Waals surface area contributed by atoms with Crippen LogP contribution in [0.15, 0.2) is 27.4 Å². The van der Waals surface area contributed by atoms with Crippen LogP contribution >= 0.6 is 11.3 Å². The Bertz CT molecular complexity index is 1210. The molecule has 0 saturated carbocycles. The Kier molecular flexibility index (Phi) is 5.28. The van der Waals surface area contributed by atoms with Gasteiger partial charge in [0, 0.05) is 29.6 Å². The van der Waals surface area contributed by atoms with Crippen LogP contribution in [-0.2, 0) is 4.74 Å². The average molecular weight is 497 g/mol. The first-order valence-electron chi connectivity index (χ1n) is 10.8. The van der Waals surface area contributed by atoms with E-state index in [0.717, 1.165) is 6.42 Å². The fourth-order valence-electron chi connectivity index (χ4n) is 4.47. The minimum atomic E-state index is -4.85. The van der Waals surface area contributed by atoms with E-state index in [4.69, 9.17) is 9.15 Å². The van der Waals surface area contributed by atoms with Gasteiger partial charge in [0.1, 0.15) is 11.1 Å². The Hall–Kier alpha value is -2.86. The Morgan fingerprint density at radius 1 is 1.26 bits per heavy atom. The van der Waals surface area contributed by atoms with E-state index < -0.39 is 17.9 Å². The fourth-order valence-corrected chi connectivity index (χ4v) is 5.02. The molecule has 3 saturated heterocycles. The maximum absolute atomic E-state index is 13.3. The van der Waals surface area contributed by atoms with E-state index in [9.17, 15) is 23.1 Å². The van der Waals surface area contributed by atoms with Crippen LogP contribution in [0.5, 0.6) is 0 Å². The maximum Gasteiger partial charge on any atom is 0.418 e. The summed E-state index contributed by atoms with van der Waals surface area (Å²) in [6.45, 7) is 6.23. The first-order chi connectivity index (χ1) is 15.9. The van der Waals surface area contributed by atoms with Crippen LogP contribution in [0.2, 0.25) is 0 Å². The number of aromatic nitrogens is 2. The van der Waals surface area contributed by atoms with Gasteiger partial charge in [-0.3, -0.25) is 4.90 Å². The molecule has 6 rings (SSSR count). The van der Waals surface area contributed by atoms with Crippen molar-refractivity contribution in [3.05, 3.63) is 28.6 Å². The number of carbonyl (C=O) groups is 1. The second-order valence-corrected chi connectivity index (χ2v) is 10.2. The molecule has 182 valence electrons. The molecule has 0 radical (unpaired) electrons. The van der Waals surface area contributed by atoms with Gasteiger partial charge >= 0.3 is 12.3 Å². The number of thiazole rings is 1. The topological polar surface area (TPSA) is 91.9 Å². The number of hydrogen-bond donors (Lipinski definition) is 1. The van der Waals surface area contributed by atoms with Gasteiger partial charge in [0.15, 0.2) is 11.7 Å². The van der Waals surface area contributed by atoms with E-state index in [0.29, 0.717) is 24.3 Å². The molecule has 3 unspecified atom stereocenters. The van der Waals surface area contributed by atoms with Crippen molar-refractivity contribution < 1.29 is 32.2 Å². The van der Waals surface area contributed by atoms with Gasteiger partial charge < -0.3 is 19.2 Å². The van der Waals surface area contributed by atoms with Crippen molar-refractivity contribution in [2.75, 3.05) is 18.0 Å². The predicted molar refractivity (Wildman–Crippen MR) is 119 cm³/mol. The number of anilines is 1. The Balaban J connectivity index is 1.47. The van der Waals surface area contributed by atoms with Gasteiger partial charge in [-0.25, -0.2) is 9.78 Å². The Labute approximate surface area is 196 Å². The summed E-state index contributed by atoms with van der Waals surface area (Å²) in [4.78, 5) is 24.6. The van der Waals surface area contributed by atoms with Gasteiger partial charge in [-0.2, -0.15) is 18.2 Å². The number of piperidine rings is 1. The summed E-state index contributed by atoms with van der Waals surface area (Å²) in [5.74, 6) is 0. The van der Waals surface area contributed by atoms with Gasteiger partial charge in [-0.05, 0) is 33.3 Å². The number of amides is 1. The van der Waals surface area contributed by atoms with Crippen LogP contribution in [0.4, 0.5) is 24.0 Å². The minimum absolute atomic E-state index is 0.0615. The highest BCUT2D eigenvalue weighted by atomic mass is 32.1. The number of nitrogens with zero attached hydrogens (tertiary/aromatic N) is 4. The SMILES string of the molecule is CC(C)(C)OC(=O)N1C2CC1CN(c1nc3c(C(O)C(F)(F)F)ccc(-c4cscn4)c3o1)C2. The summed E-state index contributed by atoms with van der Waals surface area (Å²) in [5.41, 5.74) is 1.73. The zero-order chi connectivity index (χ0) is 24.4. The molecule has 3 aliphatic heterocycles. The zero-order valence-electron chi connectivity index (χ0n) is 18.7. The first kappa shape index (κ1) is 22.9. The monoisotopic (exact) mass is 496 g/mol. The van der Waals surface area contributed by atoms with Crippen molar-refractivity contribution in [3.8, 4) is 11.3 Å². The van der Waals surface area contributed by atoms with Crippen LogP contribution < -0.4 is 4.90 Å². The van der Waals surface area contributed by atoms with Gasteiger partial charge in [0.05, 0.1) is 23.3 Å². The average Bonchev–Trinajstić information content (AvgIpc) is 3.40. The molecule has 5 heterocycles. The molecule has 0 aliphatic carbocycles. The van der Waals surface area contributed by atoms with Crippen LogP contribution in [0.1, 0.15) is 38.9 Å². The number of carbonyl (C=O) groups excluding carboxylic acids is 1. The standard InChI is InChI=1S/C22H23F3N4O4S/c1-21(2,3)33-20(31)29-11-6-12(29)8-28(7-11)19-27-16-14(18(30)22(23,24)25)5-4-13(17(16)32-19)15-9-34-10-26-15/h4-5,9-12,18,30H,6-8H2,1-3H3. The highest BCUT2D eigenvalue weighted by Crippen LogP contribution is 2.42. The summed E-state index contributed by atoms with van der Waals surface area (Å²) < 4.78 is 51.4. The number of hydrogen-bond acceptors (Lipinski definition) is 8. The van der Waals surface area contributed by atoms with Crippen LogP contribution in [0, 0.1) is 0 Å². The smallest absolute Gasteiger partial charge is 0.418 e. The molecule has 1 amide bonds. The lowest BCUT2D eigenvalue weighted by Crippen LogP contribution is -2.70. The molecule has 12 heteroatoms. The summed E-state index contributed by atoms with van der Waals surface area (Å²) in [6.07, 6.45) is -7.13. The van der Waals surface area contributed by atoms with Crippen molar-refractivity contribution in [3.63, 3.8) is 0 Å². The van der Waals surface area contributed by atoms with Gasteiger partial charge in [0.2, 0.25) is 0 Å². The summed E-state index contributed by atoms with van der Waals surface area (Å²) in [6, 6.07) is 2.59. The second kappa shape index (κ2) is 7.84. The lowest BCUT2D eigenvalue weighted by Gasteiger charge is -2.55. The molecule has 2 aromatic heterocycles. The van der Waals surface area contributed by atoms with Crippen LogP contribution in [0.25, 0.3) is 22.4 Å². The normalized spacial score (nSPS) is 21.5. The number of aliphatic hydroxyl groups is 1. The highest BCUT2D eigenvalue weighted by Gasteiger charge is 2.50. The van der Waals surface area contributed by atoms with E-state index >= 15 is 0 Å². The number of oxazole rings is 1. The van der Waals surface area contributed by atoms with Gasteiger partial charge in [-0.1, -0.05) is 6.07 Å². The first-order valence-corrected chi connectivity index (χ1v) is 11.7. The summed E-state index contributed by atoms with van der Waals surface area (Å²) >= 11 is 1.34. The lowest BCUT2D eigenvalue weighted by molar-refractivity contribution is -0.206. The lowest BCUT2D eigenvalue weighted by atomic mass is 9.88. The molecule has 2 bridgehead atoms. The Morgan fingerprint density at radius 3 is 2.56 bits per heavy atom. The number of halogens is 3. The molecule has 3 aromatic rings. The van der Waals surface area contributed by atoms with E-state index in [-0.39, 0.29) is 40.9 Å². The molecular weight excluding hydrogens is 473 g/mol. The molecule has 1 aromatic carbocycles. The minimum Gasteiger partial charge on any atom is -0.444 e. The number of aliphatic hydroxyl groups excluding tert-OH is 1. The number of rotatable bonds is 3. The second-order valence-electron chi connectivity index (χ2n) is 9.53. The largest absolute Gasteiger partial charge is 0.444 e. The molecule has 0 spiro atoms. The molecular formula is C22H23F3N4O4S. The van der Waals surface area contributed by atoms with Crippen molar-refractivity contribution in [2.24, 2.45) is 0 Å². The van der Waals surface area contributed by atoms with Crippen molar-refractivity contribution in [2.45, 2.75) is 57.2 Å². The molecule has 1 N–H and O–H groups in total. The fraction of sp³-hybridized carbons (Fsp3) is 0.500. The van der Waals surface area contributed by atoms with E-state index in [1.165, 1.54) is 23.5 Å². The maximum atomic E-state index is 13.3. The quantitative estimate of drug-likeness (QED) is 0.560. The zero-order valence-corrected chi connectivity index (χ0v) is 19.5. The van der Waals surface area contributed by atoms with Crippen molar-refractivity contribution in [1.29, 1.82) is 0 Å². The Morgan fingerprint density at radius 2 is 1.97 bits per heavy atom. The van der Waals surface area contributed by atoms with E-state index in [1.54, 1.807) is 36.6 Å². The molecule has 34 heavy (non-hydrogen) atoms. The molecule has 3 atom stereocenters. The number of fused-ring (bicyclic) bond motifs is 3.